The van der Waals surface area contributed by atoms with Crippen LogP contribution in [0.4, 0.5) is 5.82 Å². The monoisotopic (exact) mass is 757 g/mol. The van der Waals surface area contributed by atoms with Gasteiger partial charge in [0.1, 0.15) is 19.3 Å². The molecule has 0 atom stereocenters. The van der Waals surface area contributed by atoms with Crippen LogP contribution in [-0.2, 0) is 19.0 Å². The van der Waals surface area contributed by atoms with Gasteiger partial charge < -0.3 is 24.2 Å². The molecule has 0 unspecified atom stereocenters. The first-order chi connectivity index (χ1) is 25.3. The average molecular weight is 758 g/mol. The molecule has 0 aliphatic heterocycles. The van der Waals surface area contributed by atoms with E-state index in [1.54, 1.807) is 6.26 Å². The lowest BCUT2D eigenvalue weighted by atomic mass is 9.78. The molecular weight excluding hydrogens is 699 g/mol. The third-order valence-corrected chi connectivity index (χ3v) is 13.2. The quantitative estimate of drug-likeness (QED) is 0.0433. The average Bonchev–Trinajstić information content (AvgIpc) is 3.54. The van der Waals surface area contributed by atoms with Gasteiger partial charge in [-0.15, -0.1) is 0 Å². The number of anilines is 1. The third-order valence-electron chi connectivity index (χ3n) is 9.81. The molecule has 53 heavy (non-hydrogen) atoms. The second-order valence-electron chi connectivity index (χ2n) is 16.6. The summed E-state index contributed by atoms with van der Waals surface area (Å²) in [4.78, 5) is 24.0. The number of aliphatic carboxylic acids is 1. The van der Waals surface area contributed by atoms with Crippen molar-refractivity contribution in [3.8, 4) is 22.4 Å². The van der Waals surface area contributed by atoms with Crippen LogP contribution in [0.1, 0.15) is 56.2 Å². The second kappa shape index (κ2) is 18.5. The van der Waals surface area contributed by atoms with Crippen molar-refractivity contribution in [3.05, 3.63) is 72.4 Å². The normalized spacial score (nSPS) is 16.7. The van der Waals surface area contributed by atoms with Crippen molar-refractivity contribution in [1.29, 1.82) is 0 Å². The maximum atomic E-state index is 11.6. The maximum absolute atomic E-state index is 11.6. The smallest absolute Gasteiger partial charge is 0.303 e. The van der Waals surface area contributed by atoms with Crippen LogP contribution in [0.5, 0.6) is 0 Å². The molecule has 0 bridgehead atoms. The van der Waals surface area contributed by atoms with Crippen molar-refractivity contribution in [2.45, 2.75) is 96.3 Å². The minimum Gasteiger partial charge on any atom is -0.501 e. The lowest BCUT2D eigenvalue weighted by Crippen LogP contribution is -2.34. The second-order valence-corrected chi connectivity index (χ2v) is 27.9. The highest BCUT2D eigenvalue weighted by molar-refractivity contribution is 6.76. The van der Waals surface area contributed by atoms with E-state index in [0.717, 1.165) is 82.9 Å². The number of hydrogen-bond donors (Lipinski definition) is 1. The molecule has 5 rings (SSSR count). The SMILES string of the molecule is CCOC=Cc1c(C2CCC(CC(=O)O)CC2)nc2c(-c3ccc(-c4ccccc4)nc3)cnn2c1N(COCC[Si](C)(C)C)COCC[Si](C)(C)C. The Kier molecular flexibility index (Phi) is 14.1. The number of carbonyl (C=O) groups is 1. The van der Waals surface area contributed by atoms with E-state index in [1.165, 1.54) is 0 Å². The predicted octanol–water partition coefficient (Wildman–Crippen LogP) is 9.65. The van der Waals surface area contributed by atoms with Crippen molar-refractivity contribution in [2.24, 2.45) is 5.92 Å². The largest absolute Gasteiger partial charge is 0.501 e. The summed E-state index contributed by atoms with van der Waals surface area (Å²) in [6.45, 7) is 18.7. The molecule has 1 saturated carbocycles. The van der Waals surface area contributed by atoms with Gasteiger partial charge in [-0.2, -0.15) is 9.61 Å². The summed E-state index contributed by atoms with van der Waals surface area (Å²) >= 11 is 0. The Hall–Kier alpha value is -3.85. The summed E-state index contributed by atoms with van der Waals surface area (Å²) in [6, 6.07) is 16.4. The number of hydrogen-bond acceptors (Lipinski definition) is 8. The Bertz CT molecular complexity index is 1770. The number of carboxylic acids is 1. The van der Waals surface area contributed by atoms with Crippen LogP contribution < -0.4 is 4.90 Å². The fourth-order valence-corrected chi connectivity index (χ4v) is 8.20. The van der Waals surface area contributed by atoms with E-state index in [4.69, 9.17) is 29.3 Å². The molecule has 286 valence electrons. The highest BCUT2D eigenvalue weighted by Crippen LogP contribution is 2.41. The Balaban J connectivity index is 1.63. The summed E-state index contributed by atoms with van der Waals surface area (Å²) in [5.74, 6) is 0.416. The minimum absolute atomic E-state index is 0.133. The summed E-state index contributed by atoms with van der Waals surface area (Å²) < 4.78 is 20.6. The number of carboxylic acid groups (broad SMARTS) is 1. The first kappa shape index (κ1) is 40.3. The zero-order valence-electron chi connectivity index (χ0n) is 32.8. The van der Waals surface area contributed by atoms with Gasteiger partial charge in [0.15, 0.2) is 5.65 Å². The zero-order valence-corrected chi connectivity index (χ0v) is 34.8. The number of benzene rings is 1. The lowest BCUT2D eigenvalue weighted by molar-refractivity contribution is -0.138. The van der Waals surface area contributed by atoms with Gasteiger partial charge in [-0.25, -0.2) is 4.98 Å². The van der Waals surface area contributed by atoms with Gasteiger partial charge in [-0.3, -0.25) is 9.78 Å². The topological polar surface area (TPSA) is 111 Å². The van der Waals surface area contributed by atoms with Crippen molar-refractivity contribution in [2.75, 3.05) is 38.2 Å². The molecule has 12 heteroatoms. The molecule has 1 aromatic carbocycles. The van der Waals surface area contributed by atoms with E-state index < -0.39 is 22.1 Å². The molecule has 3 heterocycles. The molecular formula is C41H59N5O5Si2. The standard InChI is InChI=1S/C41H59N5O5Si2/c1-8-49-21-20-35-39(33-16-14-31(15-17-33)26-38(47)48)44-40-36(34-18-19-37(42-27-34)32-12-10-9-11-13-32)28-43-46(40)41(35)45(29-50-22-24-52(2,3)4)30-51-23-25-53(5,6)7/h9-13,18-21,27-28,31,33H,8,14-17,22-26,29-30H2,1-7H3,(H,47,48). The molecule has 1 aliphatic rings. The first-order valence-corrected chi connectivity index (χ1v) is 26.6. The van der Waals surface area contributed by atoms with E-state index in [-0.39, 0.29) is 18.3 Å². The number of aromatic nitrogens is 4. The molecule has 4 aromatic rings. The molecule has 0 amide bonds. The van der Waals surface area contributed by atoms with Gasteiger partial charge in [-0.05, 0) is 62.8 Å². The summed E-state index contributed by atoms with van der Waals surface area (Å²) in [5, 5.41) is 14.5. The number of pyridine rings is 1. The number of rotatable bonds is 19. The van der Waals surface area contributed by atoms with Gasteiger partial charge >= 0.3 is 5.97 Å². The highest BCUT2D eigenvalue weighted by Gasteiger charge is 2.31. The molecule has 3 aromatic heterocycles. The van der Waals surface area contributed by atoms with Crippen molar-refractivity contribution < 1.29 is 24.1 Å². The van der Waals surface area contributed by atoms with Gasteiger partial charge in [0.2, 0.25) is 0 Å². The molecule has 1 fully saturated rings. The van der Waals surface area contributed by atoms with Crippen molar-refractivity contribution >= 4 is 39.7 Å². The van der Waals surface area contributed by atoms with Crippen LogP contribution in [0, 0.1) is 5.92 Å². The van der Waals surface area contributed by atoms with Gasteiger partial charge in [-0.1, -0.05) is 75.7 Å². The fraction of sp³-hybridized carbons (Fsp3) is 0.512. The number of fused-ring (bicyclic) bond motifs is 1. The highest BCUT2D eigenvalue weighted by atomic mass is 28.3. The summed E-state index contributed by atoms with van der Waals surface area (Å²) in [6.07, 6.45) is 11.1. The Labute approximate surface area is 317 Å². The van der Waals surface area contributed by atoms with Crippen LogP contribution >= 0.6 is 0 Å². The summed E-state index contributed by atoms with van der Waals surface area (Å²) in [5.41, 5.74) is 6.39. The molecule has 1 aliphatic carbocycles. The van der Waals surface area contributed by atoms with Gasteiger partial charge in [0, 0.05) is 70.2 Å². The Morgan fingerprint density at radius 2 is 1.57 bits per heavy atom. The van der Waals surface area contributed by atoms with Crippen LogP contribution in [0.25, 0.3) is 34.1 Å². The molecule has 10 nitrogen and oxygen atoms in total. The van der Waals surface area contributed by atoms with Crippen LogP contribution in [-0.4, -0.2) is 80.1 Å². The van der Waals surface area contributed by atoms with Crippen molar-refractivity contribution in [1.82, 2.24) is 19.6 Å². The number of ether oxygens (including phenoxy) is 3. The molecule has 0 radical (unpaired) electrons. The third kappa shape index (κ3) is 11.6. The predicted molar refractivity (Wildman–Crippen MR) is 220 cm³/mol. The summed E-state index contributed by atoms with van der Waals surface area (Å²) in [7, 11) is -2.63. The van der Waals surface area contributed by atoms with E-state index in [2.05, 4.69) is 62.4 Å². The van der Waals surface area contributed by atoms with Gasteiger partial charge in [0.25, 0.3) is 0 Å². The van der Waals surface area contributed by atoms with Gasteiger partial charge in [0.05, 0.1) is 30.5 Å². The molecule has 1 N–H and O–H groups in total. The minimum atomic E-state index is -1.31. The number of nitrogens with zero attached hydrogens (tertiary/aromatic N) is 5. The van der Waals surface area contributed by atoms with Crippen LogP contribution in [0.15, 0.2) is 61.1 Å². The molecule has 0 spiro atoms. The lowest BCUT2D eigenvalue weighted by Gasteiger charge is -2.32. The van der Waals surface area contributed by atoms with Crippen LogP contribution in [0.2, 0.25) is 51.4 Å². The van der Waals surface area contributed by atoms with E-state index >= 15 is 0 Å². The zero-order chi connectivity index (χ0) is 38.0. The van der Waals surface area contributed by atoms with Crippen molar-refractivity contribution in [3.63, 3.8) is 0 Å². The van der Waals surface area contributed by atoms with E-state index in [0.29, 0.717) is 33.3 Å². The first-order valence-electron chi connectivity index (χ1n) is 19.2. The Morgan fingerprint density at radius 3 is 2.13 bits per heavy atom. The Morgan fingerprint density at radius 1 is 0.906 bits per heavy atom. The fourth-order valence-electron chi connectivity index (χ4n) is 6.68. The van der Waals surface area contributed by atoms with E-state index in [9.17, 15) is 9.90 Å². The molecule has 0 saturated heterocycles. The van der Waals surface area contributed by atoms with E-state index in [1.807, 2.05) is 54.2 Å². The van der Waals surface area contributed by atoms with Crippen LogP contribution in [0.3, 0.4) is 0 Å². The maximum Gasteiger partial charge on any atom is 0.303 e.